The summed E-state index contributed by atoms with van der Waals surface area (Å²) in [4.78, 5) is 32.0. The molecule has 1 amide bonds. The van der Waals surface area contributed by atoms with Crippen LogP contribution in [0.5, 0.6) is 0 Å². The molecule has 5 nitrogen and oxygen atoms in total. The molecule has 0 saturated carbocycles. The zero-order chi connectivity index (χ0) is 21.3. The first-order valence-corrected chi connectivity index (χ1v) is 9.90. The van der Waals surface area contributed by atoms with Gasteiger partial charge in [0.15, 0.2) is 11.5 Å². The lowest BCUT2D eigenvalue weighted by molar-refractivity contribution is -0.130. The Bertz CT molecular complexity index is 938. The predicted octanol–water partition coefficient (Wildman–Crippen LogP) is 4.72. The first-order chi connectivity index (χ1) is 13.6. The van der Waals surface area contributed by atoms with Crippen LogP contribution in [0.4, 0.5) is 0 Å². The molecular formula is C24H28N2O3. The van der Waals surface area contributed by atoms with Crippen LogP contribution in [-0.4, -0.2) is 26.7 Å². The van der Waals surface area contributed by atoms with Crippen LogP contribution >= 0.6 is 0 Å². The quantitative estimate of drug-likeness (QED) is 0.799. The van der Waals surface area contributed by atoms with Gasteiger partial charge in [0.1, 0.15) is 0 Å². The fraction of sp³-hybridized carbons (Fsp3) is 0.375. The van der Waals surface area contributed by atoms with E-state index in [-0.39, 0.29) is 17.9 Å². The van der Waals surface area contributed by atoms with E-state index >= 15 is 0 Å². The topological polar surface area (TPSA) is 70.5 Å². The van der Waals surface area contributed by atoms with Crippen LogP contribution in [0, 0.1) is 5.41 Å². The van der Waals surface area contributed by atoms with E-state index in [1.54, 1.807) is 27.0 Å². The SMILES string of the molecule is CC(C)c1ccc(C2C(C(=O)C(C)(C)C)=C(O)C(=O)N2Cc2ccccn2)cc1. The third kappa shape index (κ3) is 4.09. The van der Waals surface area contributed by atoms with Gasteiger partial charge in [0.25, 0.3) is 5.91 Å². The Kier molecular flexibility index (Phi) is 5.60. The molecule has 1 aromatic heterocycles. The fourth-order valence-corrected chi connectivity index (χ4v) is 3.53. The number of amides is 1. The number of hydrogen-bond acceptors (Lipinski definition) is 4. The molecule has 2 heterocycles. The van der Waals surface area contributed by atoms with Crippen molar-refractivity contribution in [3.63, 3.8) is 0 Å². The summed E-state index contributed by atoms with van der Waals surface area (Å²) in [6.07, 6.45) is 1.66. The van der Waals surface area contributed by atoms with E-state index in [0.717, 1.165) is 5.56 Å². The zero-order valence-corrected chi connectivity index (χ0v) is 17.6. The number of aromatic nitrogens is 1. The number of carbonyl (C=O) groups excluding carboxylic acids is 2. The average Bonchev–Trinajstić information content (AvgIpc) is 2.92. The van der Waals surface area contributed by atoms with Crippen molar-refractivity contribution in [2.24, 2.45) is 5.41 Å². The van der Waals surface area contributed by atoms with Crippen molar-refractivity contribution in [2.75, 3.05) is 0 Å². The van der Waals surface area contributed by atoms with E-state index in [2.05, 4.69) is 18.8 Å². The van der Waals surface area contributed by atoms with E-state index < -0.39 is 23.1 Å². The smallest absolute Gasteiger partial charge is 0.290 e. The maximum atomic E-state index is 13.2. The van der Waals surface area contributed by atoms with Gasteiger partial charge >= 0.3 is 0 Å². The lowest BCUT2D eigenvalue weighted by Gasteiger charge is -2.29. The maximum absolute atomic E-state index is 13.2. The van der Waals surface area contributed by atoms with Crippen molar-refractivity contribution in [1.29, 1.82) is 0 Å². The summed E-state index contributed by atoms with van der Waals surface area (Å²) in [5, 5.41) is 10.7. The van der Waals surface area contributed by atoms with Crippen LogP contribution in [0.2, 0.25) is 0 Å². The third-order valence-corrected chi connectivity index (χ3v) is 5.21. The number of ketones is 1. The number of Topliss-reactive ketones (excluding diaryl/α,β-unsaturated/α-hetero) is 1. The van der Waals surface area contributed by atoms with Gasteiger partial charge in [-0.1, -0.05) is 65.0 Å². The van der Waals surface area contributed by atoms with E-state index in [9.17, 15) is 14.7 Å². The van der Waals surface area contributed by atoms with Gasteiger partial charge in [-0.3, -0.25) is 14.6 Å². The number of rotatable bonds is 5. The molecule has 2 aromatic rings. The van der Waals surface area contributed by atoms with E-state index in [4.69, 9.17) is 0 Å². The van der Waals surface area contributed by atoms with Crippen molar-refractivity contribution in [2.45, 2.75) is 53.1 Å². The molecule has 0 fully saturated rings. The van der Waals surface area contributed by atoms with Crippen molar-refractivity contribution >= 4 is 11.7 Å². The molecule has 0 saturated heterocycles. The Morgan fingerprint density at radius 3 is 2.31 bits per heavy atom. The highest BCUT2D eigenvalue weighted by Crippen LogP contribution is 2.41. The van der Waals surface area contributed by atoms with Crippen LogP contribution in [0.3, 0.4) is 0 Å². The highest BCUT2D eigenvalue weighted by Gasteiger charge is 2.46. The van der Waals surface area contributed by atoms with Crippen molar-refractivity contribution < 1.29 is 14.7 Å². The lowest BCUT2D eigenvalue weighted by Crippen LogP contribution is -2.32. The molecule has 152 valence electrons. The van der Waals surface area contributed by atoms with Gasteiger partial charge in [-0.2, -0.15) is 0 Å². The minimum absolute atomic E-state index is 0.163. The molecule has 0 spiro atoms. The Labute approximate surface area is 172 Å². The molecule has 1 aliphatic heterocycles. The molecule has 1 aliphatic rings. The van der Waals surface area contributed by atoms with Gasteiger partial charge in [-0.05, 0) is 29.2 Å². The summed E-state index contributed by atoms with van der Waals surface area (Å²) in [5.74, 6) is -0.858. The number of aliphatic hydroxyl groups excluding tert-OH is 1. The van der Waals surface area contributed by atoms with E-state index in [0.29, 0.717) is 11.6 Å². The van der Waals surface area contributed by atoms with Crippen LogP contribution in [0.15, 0.2) is 60.0 Å². The Hall–Kier alpha value is -2.95. The van der Waals surface area contributed by atoms with Gasteiger partial charge in [0.2, 0.25) is 0 Å². The molecule has 5 heteroatoms. The van der Waals surface area contributed by atoms with Gasteiger partial charge in [0, 0.05) is 11.6 Å². The van der Waals surface area contributed by atoms with E-state index in [1.807, 2.05) is 42.5 Å². The first-order valence-electron chi connectivity index (χ1n) is 9.90. The summed E-state index contributed by atoms with van der Waals surface area (Å²) in [6.45, 7) is 9.81. The van der Waals surface area contributed by atoms with Crippen molar-refractivity contribution in [1.82, 2.24) is 9.88 Å². The zero-order valence-electron chi connectivity index (χ0n) is 17.6. The Balaban J connectivity index is 2.08. The first kappa shape index (κ1) is 20.8. The average molecular weight is 392 g/mol. The van der Waals surface area contributed by atoms with Gasteiger partial charge < -0.3 is 10.0 Å². The molecular weight excluding hydrogens is 364 g/mol. The highest BCUT2D eigenvalue weighted by atomic mass is 16.3. The summed E-state index contributed by atoms with van der Waals surface area (Å²) in [7, 11) is 0. The molecule has 0 radical (unpaired) electrons. The standard InChI is InChI=1S/C24H28N2O3/c1-15(2)16-9-11-17(12-10-16)20-19(22(28)24(3,4)5)21(27)23(29)26(20)14-18-8-6-7-13-25-18/h6-13,15,20,27H,14H2,1-5H3. The highest BCUT2D eigenvalue weighted by molar-refractivity contribution is 6.10. The Morgan fingerprint density at radius 2 is 1.79 bits per heavy atom. The molecule has 3 rings (SSSR count). The van der Waals surface area contributed by atoms with E-state index in [1.165, 1.54) is 10.5 Å². The van der Waals surface area contributed by atoms with Crippen LogP contribution in [0.1, 0.15) is 63.4 Å². The van der Waals surface area contributed by atoms with Crippen LogP contribution in [0.25, 0.3) is 0 Å². The van der Waals surface area contributed by atoms with Crippen LogP contribution in [-0.2, 0) is 16.1 Å². The minimum atomic E-state index is -0.722. The molecule has 1 N–H and O–H groups in total. The molecule has 1 aromatic carbocycles. The van der Waals surface area contributed by atoms with Gasteiger partial charge in [-0.15, -0.1) is 0 Å². The maximum Gasteiger partial charge on any atom is 0.290 e. The third-order valence-electron chi connectivity index (χ3n) is 5.21. The van der Waals surface area contributed by atoms with Gasteiger partial charge in [0.05, 0.1) is 23.9 Å². The summed E-state index contributed by atoms with van der Waals surface area (Å²) in [6, 6.07) is 12.7. The summed E-state index contributed by atoms with van der Waals surface area (Å²) < 4.78 is 0. The second kappa shape index (κ2) is 7.82. The molecule has 1 unspecified atom stereocenters. The minimum Gasteiger partial charge on any atom is -0.503 e. The second-order valence-electron chi connectivity index (χ2n) is 8.82. The summed E-state index contributed by atoms with van der Waals surface area (Å²) in [5.41, 5.74) is 2.11. The molecule has 1 atom stereocenters. The monoisotopic (exact) mass is 392 g/mol. The number of benzene rings is 1. The largest absolute Gasteiger partial charge is 0.503 e. The van der Waals surface area contributed by atoms with Crippen molar-refractivity contribution in [3.05, 3.63) is 76.8 Å². The number of aliphatic hydroxyl groups is 1. The van der Waals surface area contributed by atoms with Crippen molar-refractivity contribution in [3.8, 4) is 0 Å². The molecule has 29 heavy (non-hydrogen) atoms. The van der Waals surface area contributed by atoms with Gasteiger partial charge in [-0.25, -0.2) is 0 Å². The molecule has 0 aliphatic carbocycles. The number of hydrogen-bond donors (Lipinski definition) is 1. The van der Waals surface area contributed by atoms with Crippen LogP contribution < -0.4 is 0 Å². The lowest BCUT2D eigenvalue weighted by atomic mass is 9.82. The predicted molar refractivity (Wildman–Crippen MR) is 112 cm³/mol. The fourth-order valence-electron chi connectivity index (χ4n) is 3.53. The molecule has 0 bridgehead atoms. The number of pyridine rings is 1. The number of carbonyl (C=O) groups is 2. The second-order valence-corrected chi connectivity index (χ2v) is 8.82. The number of nitrogens with zero attached hydrogens (tertiary/aromatic N) is 2. The normalized spacial score (nSPS) is 17.4. The summed E-state index contributed by atoms with van der Waals surface area (Å²) >= 11 is 0. The Morgan fingerprint density at radius 1 is 1.14 bits per heavy atom.